The molecule has 1 aliphatic carbocycles. The number of rotatable bonds is 5. The van der Waals surface area contributed by atoms with E-state index in [4.69, 9.17) is 10.8 Å². The minimum absolute atomic E-state index is 0.0630. The lowest BCUT2D eigenvalue weighted by Gasteiger charge is -2.22. The number of hydrogen-bond acceptors (Lipinski definition) is 3. The number of aliphatic carboxylic acids is 1. The maximum Gasteiger partial charge on any atom is 0.305 e. The Balaban J connectivity index is 2.30. The average molecular weight is 200 g/mol. The van der Waals surface area contributed by atoms with Gasteiger partial charge < -0.3 is 16.2 Å². The molecule has 0 heterocycles. The van der Waals surface area contributed by atoms with Crippen LogP contribution in [0.2, 0.25) is 0 Å². The first kappa shape index (κ1) is 11.0. The van der Waals surface area contributed by atoms with Crippen molar-refractivity contribution in [2.45, 2.75) is 31.7 Å². The standard InChI is InChI=1S/C9H16N2O3/c1-9(10,6-2-3-6)8(14)11-5-4-7(12)13/h6H,2-5,10H2,1H3,(H,11,14)(H,12,13). The zero-order valence-electron chi connectivity index (χ0n) is 8.25. The Morgan fingerprint density at radius 2 is 2.14 bits per heavy atom. The van der Waals surface area contributed by atoms with E-state index in [-0.39, 0.29) is 24.8 Å². The quantitative estimate of drug-likeness (QED) is 0.568. The largest absolute Gasteiger partial charge is 0.481 e. The molecule has 1 amide bonds. The maximum absolute atomic E-state index is 11.5. The van der Waals surface area contributed by atoms with E-state index in [0.717, 1.165) is 12.8 Å². The van der Waals surface area contributed by atoms with Gasteiger partial charge in [-0.25, -0.2) is 0 Å². The summed E-state index contributed by atoms with van der Waals surface area (Å²) in [5.41, 5.74) is 4.99. The third-order valence-corrected chi connectivity index (χ3v) is 2.54. The topological polar surface area (TPSA) is 92.4 Å². The number of carbonyl (C=O) groups is 2. The van der Waals surface area contributed by atoms with Gasteiger partial charge in [-0.1, -0.05) is 0 Å². The van der Waals surface area contributed by atoms with Gasteiger partial charge in [-0.2, -0.15) is 0 Å². The van der Waals surface area contributed by atoms with E-state index in [1.807, 2.05) is 0 Å². The summed E-state index contributed by atoms with van der Waals surface area (Å²) < 4.78 is 0. The number of nitrogens with one attached hydrogen (secondary N) is 1. The van der Waals surface area contributed by atoms with E-state index in [1.165, 1.54) is 0 Å². The van der Waals surface area contributed by atoms with Crippen LogP contribution in [0.4, 0.5) is 0 Å². The van der Waals surface area contributed by atoms with Gasteiger partial charge in [0.2, 0.25) is 5.91 Å². The van der Waals surface area contributed by atoms with E-state index in [9.17, 15) is 9.59 Å². The molecule has 1 atom stereocenters. The van der Waals surface area contributed by atoms with Gasteiger partial charge >= 0.3 is 5.97 Å². The van der Waals surface area contributed by atoms with Crippen LogP contribution in [0.1, 0.15) is 26.2 Å². The summed E-state index contributed by atoms with van der Waals surface area (Å²) in [6, 6.07) is 0. The van der Waals surface area contributed by atoms with E-state index in [1.54, 1.807) is 6.92 Å². The van der Waals surface area contributed by atoms with Crippen LogP contribution < -0.4 is 11.1 Å². The molecule has 1 aliphatic rings. The van der Waals surface area contributed by atoms with E-state index >= 15 is 0 Å². The number of nitrogens with two attached hydrogens (primary N) is 1. The molecule has 0 spiro atoms. The van der Waals surface area contributed by atoms with E-state index in [0.29, 0.717) is 0 Å². The lowest BCUT2D eigenvalue weighted by molar-refractivity contribution is -0.137. The molecule has 4 N–H and O–H groups in total. The number of amides is 1. The third-order valence-electron chi connectivity index (χ3n) is 2.54. The molecule has 1 fully saturated rings. The molecule has 0 aromatic carbocycles. The van der Waals surface area contributed by atoms with Crippen molar-refractivity contribution >= 4 is 11.9 Å². The van der Waals surface area contributed by atoms with Gasteiger partial charge in [0.1, 0.15) is 0 Å². The van der Waals surface area contributed by atoms with Gasteiger partial charge in [0.25, 0.3) is 0 Å². The highest BCUT2D eigenvalue weighted by atomic mass is 16.4. The molecule has 0 bridgehead atoms. The Labute approximate surface area is 82.7 Å². The molecule has 0 radical (unpaired) electrons. The molecule has 5 heteroatoms. The molecular formula is C9H16N2O3. The fraction of sp³-hybridized carbons (Fsp3) is 0.778. The molecule has 1 unspecified atom stereocenters. The third kappa shape index (κ3) is 2.70. The van der Waals surface area contributed by atoms with Crippen LogP contribution >= 0.6 is 0 Å². The van der Waals surface area contributed by atoms with Gasteiger partial charge in [-0.05, 0) is 25.7 Å². The number of carbonyl (C=O) groups excluding carboxylic acids is 1. The molecule has 1 saturated carbocycles. The summed E-state index contributed by atoms with van der Waals surface area (Å²) in [5.74, 6) is -0.913. The first-order valence-corrected chi connectivity index (χ1v) is 4.73. The normalized spacial score (nSPS) is 19.9. The predicted molar refractivity (Wildman–Crippen MR) is 50.6 cm³/mol. The van der Waals surface area contributed by atoms with Crippen molar-refractivity contribution in [2.24, 2.45) is 11.7 Å². The lowest BCUT2D eigenvalue weighted by Crippen LogP contribution is -2.53. The Morgan fingerprint density at radius 3 is 2.57 bits per heavy atom. The molecule has 14 heavy (non-hydrogen) atoms. The summed E-state index contributed by atoms with van der Waals surface area (Å²) >= 11 is 0. The second-order valence-electron chi connectivity index (χ2n) is 3.96. The van der Waals surface area contributed by atoms with Gasteiger partial charge in [-0.15, -0.1) is 0 Å². The first-order valence-electron chi connectivity index (χ1n) is 4.73. The smallest absolute Gasteiger partial charge is 0.305 e. The van der Waals surface area contributed by atoms with Crippen molar-refractivity contribution in [2.75, 3.05) is 6.54 Å². The SMILES string of the molecule is CC(N)(C(=O)NCCC(=O)O)C1CC1. The summed E-state index contributed by atoms with van der Waals surface area (Å²) in [6.45, 7) is 1.84. The molecule has 1 rings (SSSR count). The molecule has 0 aliphatic heterocycles. The monoisotopic (exact) mass is 200 g/mol. The molecule has 5 nitrogen and oxygen atoms in total. The summed E-state index contributed by atoms with van der Waals surface area (Å²) in [7, 11) is 0. The van der Waals surface area contributed by atoms with E-state index < -0.39 is 11.5 Å². The van der Waals surface area contributed by atoms with Gasteiger partial charge in [0.05, 0.1) is 12.0 Å². The number of hydrogen-bond donors (Lipinski definition) is 3. The molecule has 0 aromatic heterocycles. The van der Waals surface area contributed by atoms with Crippen LogP contribution in [0, 0.1) is 5.92 Å². The summed E-state index contributed by atoms with van der Waals surface area (Å²) in [5, 5.41) is 10.9. The zero-order valence-corrected chi connectivity index (χ0v) is 8.25. The highest BCUT2D eigenvalue weighted by molar-refractivity contribution is 5.86. The first-order chi connectivity index (χ1) is 6.44. The van der Waals surface area contributed by atoms with Crippen molar-refractivity contribution < 1.29 is 14.7 Å². The minimum atomic E-state index is -0.921. The van der Waals surface area contributed by atoms with Gasteiger partial charge in [-0.3, -0.25) is 9.59 Å². The Kier molecular flexibility index (Phi) is 3.10. The fourth-order valence-electron chi connectivity index (χ4n) is 1.34. The van der Waals surface area contributed by atoms with Crippen LogP contribution in [-0.4, -0.2) is 29.1 Å². The van der Waals surface area contributed by atoms with E-state index in [2.05, 4.69) is 5.32 Å². The van der Waals surface area contributed by atoms with Gasteiger partial charge in [0.15, 0.2) is 0 Å². The van der Waals surface area contributed by atoms with Crippen LogP contribution in [0.5, 0.6) is 0 Å². The molecule has 80 valence electrons. The average Bonchev–Trinajstić information content (AvgIpc) is 2.85. The molecular weight excluding hydrogens is 184 g/mol. The Bertz CT molecular complexity index is 246. The van der Waals surface area contributed by atoms with Crippen molar-refractivity contribution in [3.8, 4) is 0 Å². The number of carboxylic acids is 1. The molecule has 0 saturated heterocycles. The fourth-order valence-corrected chi connectivity index (χ4v) is 1.34. The Hall–Kier alpha value is -1.10. The maximum atomic E-state index is 11.5. The second kappa shape index (κ2) is 3.96. The van der Waals surface area contributed by atoms with Crippen molar-refractivity contribution in [3.05, 3.63) is 0 Å². The predicted octanol–water partition coefficient (Wildman–Crippen LogP) is -0.295. The van der Waals surface area contributed by atoms with Gasteiger partial charge in [0, 0.05) is 6.54 Å². The highest BCUT2D eigenvalue weighted by Gasteiger charge is 2.43. The van der Waals surface area contributed by atoms with Crippen LogP contribution in [-0.2, 0) is 9.59 Å². The minimum Gasteiger partial charge on any atom is -0.481 e. The Morgan fingerprint density at radius 1 is 1.57 bits per heavy atom. The zero-order chi connectivity index (χ0) is 10.8. The summed E-state index contributed by atoms with van der Waals surface area (Å²) in [6.07, 6.45) is 1.91. The van der Waals surface area contributed by atoms with Crippen molar-refractivity contribution in [1.29, 1.82) is 0 Å². The lowest BCUT2D eigenvalue weighted by atomic mass is 9.96. The van der Waals surface area contributed by atoms with Crippen LogP contribution in [0.15, 0.2) is 0 Å². The highest BCUT2D eigenvalue weighted by Crippen LogP contribution is 2.37. The van der Waals surface area contributed by atoms with Crippen molar-refractivity contribution in [1.82, 2.24) is 5.32 Å². The van der Waals surface area contributed by atoms with Crippen molar-refractivity contribution in [3.63, 3.8) is 0 Å². The van der Waals surface area contributed by atoms with Crippen LogP contribution in [0.3, 0.4) is 0 Å². The summed E-state index contributed by atoms with van der Waals surface area (Å²) in [4.78, 5) is 21.7. The molecule has 0 aromatic rings. The van der Waals surface area contributed by atoms with Crippen LogP contribution in [0.25, 0.3) is 0 Å². The second-order valence-corrected chi connectivity index (χ2v) is 3.96. The number of carboxylic acid groups (broad SMARTS) is 1.